The van der Waals surface area contributed by atoms with Crippen molar-refractivity contribution in [2.24, 2.45) is 5.92 Å². The Bertz CT molecular complexity index is 416. The molecule has 0 spiro atoms. The summed E-state index contributed by atoms with van der Waals surface area (Å²) in [6.07, 6.45) is 2.38. The summed E-state index contributed by atoms with van der Waals surface area (Å²) >= 11 is 1.71. The Morgan fingerprint density at radius 2 is 2.48 bits per heavy atom. The minimum Gasteiger partial charge on any atom is -0.376 e. The predicted molar refractivity (Wildman–Crippen MR) is 86.4 cm³/mol. The quantitative estimate of drug-likeness (QED) is 0.802. The summed E-state index contributed by atoms with van der Waals surface area (Å²) in [5.41, 5.74) is 0. The lowest BCUT2D eigenvalue weighted by atomic mass is 10.1. The molecule has 1 aromatic rings. The first-order valence-corrected chi connectivity index (χ1v) is 8.72. The van der Waals surface area contributed by atoms with E-state index in [4.69, 9.17) is 4.74 Å². The number of thiophene rings is 1. The van der Waals surface area contributed by atoms with Gasteiger partial charge in [0.05, 0.1) is 12.6 Å². The fourth-order valence-electron chi connectivity index (χ4n) is 2.62. The molecular formula is C16H26N2O2S. The van der Waals surface area contributed by atoms with Crippen molar-refractivity contribution in [3.05, 3.63) is 22.4 Å². The summed E-state index contributed by atoms with van der Waals surface area (Å²) in [7, 11) is 0. The van der Waals surface area contributed by atoms with Crippen LogP contribution in [-0.2, 0) is 16.1 Å². The van der Waals surface area contributed by atoms with Gasteiger partial charge in [0.1, 0.15) is 0 Å². The Labute approximate surface area is 131 Å². The number of carbonyl (C=O) groups is 1. The first-order valence-electron chi connectivity index (χ1n) is 7.84. The highest BCUT2D eigenvalue weighted by Crippen LogP contribution is 2.18. The lowest BCUT2D eigenvalue weighted by molar-refractivity contribution is -0.137. The van der Waals surface area contributed by atoms with Crippen molar-refractivity contribution in [3.8, 4) is 0 Å². The molecule has 0 radical (unpaired) electrons. The summed E-state index contributed by atoms with van der Waals surface area (Å²) in [4.78, 5) is 15.9. The van der Waals surface area contributed by atoms with Gasteiger partial charge in [-0.05, 0) is 30.8 Å². The lowest BCUT2D eigenvalue weighted by Gasteiger charge is -2.28. The van der Waals surface area contributed by atoms with Gasteiger partial charge in [0.25, 0.3) is 0 Å². The van der Waals surface area contributed by atoms with Gasteiger partial charge in [-0.3, -0.25) is 4.79 Å². The van der Waals surface area contributed by atoms with Gasteiger partial charge in [0, 0.05) is 30.5 Å². The Morgan fingerprint density at radius 3 is 3.10 bits per heavy atom. The number of amides is 1. The zero-order valence-corrected chi connectivity index (χ0v) is 13.8. The molecule has 4 nitrogen and oxygen atoms in total. The maximum absolute atomic E-state index is 12.7. The second-order valence-electron chi connectivity index (χ2n) is 5.64. The molecule has 0 saturated carbocycles. The molecule has 118 valence electrons. The van der Waals surface area contributed by atoms with Gasteiger partial charge in [0.2, 0.25) is 5.91 Å². The van der Waals surface area contributed by atoms with Gasteiger partial charge < -0.3 is 15.0 Å². The van der Waals surface area contributed by atoms with Crippen LogP contribution in [0.1, 0.15) is 31.6 Å². The summed E-state index contributed by atoms with van der Waals surface area (Å²) in [5, 5.41) is 5.32. The topological polar surface area (TPSA) is 41.6 Å². The molecule has 1 amide bonds. The third-order valence-corrected chi connectivity index (χ3v) is 4.67. The third-order valence-electron chi connectivity index (χ3n) is 3.81. The van der Waals surface area contributed by atoms with Crippen LogP contribution in [0.5, 0.6) is 0 Å². The molecule has 1 fully saturated rings. The first kappa shape index (κ1) is 16.5. The minimum absolute atomic E-state index is 0.00585. The summed E-state index contributed by atoms with van der Waals surface area (Å²) in [5.74, 6) is 0.228. The second-order valence-corrected chi connectivity index (χ2v) is 6.67. The Hall–Kier alpha value is -0.910. The average Bonchev–Trinajstić information content (AvgIpc) is 3.16. The third kappa shape index (κ3) is 5.09. The van der Waals surface area contributed by atoms with Gasteiger partial charge in [-0.15, -0.1) is 11.3 Å². The van der Waals surface area contributed by atoms with Gasteiger partial charge in [-0.2, -0.15) is 0 Å². The lowest BCUT2D eigenvalue weighted by Crippen LogP contribution is -2.42. The maximum Gasteiger partial charge on any atom is 0.227 e. The van der Waals surface area contributed by atoms with E-state index in [1.54, 1.807) is 11.3 Å². The average molecular weight is 310 g/mol. The van der Waals surface area contributed by atoms with Crippen molar-refractivity contribution in [2.75, 3.05) is 26.2 Å². The number of hydrogen-bond donors (Lipinski definition) is 1. The molecule has 1 aliphatic rings. The molecule has 0 aromatic carbocycles. The number of rotatable bonds is 8. The van der Waals surface area contributed by atoms with Crippen LogP contribution in [0.15, 0.2) is 17.5 Å². The number of ether oxygens (including phenoxy) is 1. The predicted octanol–water partition coefficient (Wildman–Crippen LogP) is 2.50. The van der Waals surface area contributed by atoms with E-state index >= 15 is 0 Å². The van der Waals surface area contributed by atoms with Crippen molar-refractivity contribution in [1.29, 1.82) is 0 Å². The molecule has 2 heterocycles. The largest absolute Gasteiger partial charge is 0.376 e. The van der Waals surface area contributed by atoms with E-state index < -0.39 is 0 Å². The molecule has 1 aromatic heterocycles. The van der Waals surface area contributed by atoms with Crippen LogP contribution in [0.3, 0.4) is 0 Å². The molecule has 1 saturated heterocycles. The summed E-state index contributed by atoms with van der Waals surface area (Å²) in [6.45, 7) is 7.95. The van der Waals surface area contributed by atoms with E-state index in [-0.39, 0.29) is 17.9 Å². The molecule has 2 atom stereocenters. The molecule has 21 heavy (non-hydrogen) atoms. The van der Waals surface area contributed by atoms with Crippen LogP contribution < -0.4 is 5.32 Å². The van der Waals surface area contributed by atoms with Gasteiger partial charge in [0.15, 0.2) is 0 Å². The monoisotopic (exact) mass is 310 g/mol. The van der Waals surface area contributed by atoms with Gasteiger partial charge in [-0.1, -0.05) is 19.9 Å². The highest BCUT2D eigenvalue weighted by molar-refractivity contribution is 7.09. The maximum atomic E-state index is 12.7. The normalized spacial score (nSPS) is 19.6. The minimum atomic E-state index is 0.00585. The van der Waals surface area contributed by atoms with E-state index in [9.17, 15) is 4.79 Å². The smallest absolute Gasteiger partial charge is 0.227 e. The molecule has 0 bridgehead atoms. The van der Waals surface area contributed by atoms with Gasteiger partial charge >= 0.3 is 0 Å². The van der Waals surface area contributed by atoms with E-state index in [0.717, 1.165) is 32.5 Å². The van der Waals surface area contributed by atoms with Crippen LogP contribution in [0, 0.1) is 5.92 Å². The SMILES string of the molecule is CCNCC(C)C(=O)N(Cc1cccs1)CC1CCCO1. The van der Waals surface area contributed by atoms with Gasteiger partial charge in [-0.25, -0.2) is 0 Å². The Balaban J connectivity index is 1.97. The molecule has 5 heteroatoms. The molecule has 0 aliphatic carbocycles. The van der Waals surface area contributed by atoms with Crippen LogP contribution in [0.2, 0.25) is 0 Å². The highest BCUT2D eigenvalue weighted by atomic mass is 32.1. The van der Waals surface area contributed by atoms with E-state index in [2.05, 4.69) is 23.7 Å². The van der Waals surface area contributed by atoms with Crippen molar-refractivity contribution in [3.63, 3.8) is 0 Å². The summed E-state index contributed by atoms with van der Waals surface area (Å²) < 4.78 is 5.71. The molecular weight excluding hydrogens is 284 g/mol. The van der Waals surface area contributed by atoms with E-state index in [1.165, 1.54) is 4.88 Å². The molecule has 1 N–H and O–H groups in total. The molecule has 1 aliphatic heterocycles. The number of hydrogen-bond acceptors (Lipinski definition) is 4. The van der Waals surface area contributed by atoms with E-state index in [0.29, 0.717) is 13.1 Å². The van der Waals surface area contributed by atoms with Crippen LogP contribution in [-0.4, -0.2) is 43.2 Å². The Kier molecular flexibility index (Phi) is 6.67. The number of nitrogens with zero attached hydrogens (tertiary/aromatic N) is 1. The molecule has 2 rings (SSSR count). The fourth-order valence-corrected chi connectivity index (χ4v) is 3.34. The second kappa shape index (κ2) is 8.51. The van der Waals surface area contributed by atoms with Crippen molar-refractivity contribution >= 4 is 17.2 Å². The van der Waals surface area contributed by atoms with Crippen LogP contribution in [0.25, 0.3) is 0 Å². The van der Waals surface area contributed by atoms with E-state index in [1.807, 2.05) is 17.9 Å². The van der Waals surface area contributed by atoms with Crippen molar-refractivity contribution < 1.29 is 9.53 Å². The zero-order chi connectivity index (χ0) is 15.1. The highest BCUT2D eigenvalue weighted by Gasteiger charge is 2.25. The number of carbonyl (C=O) groups excluding carboxylic acids is 1. The van der Waals surface area contributed by atoms with Crippen LogP contribution >= 0.6 is 11.3 Å². The Morgan fingerprint density at radius 1 is 1.62 bits per heavy atom. The fraction of sp³-hybridized carbons (Fsp3) is 0.688. The standard InChI is InChI=1S/C16H26N2O2S/c1-3-17-10-13(2)16(19)18(11-14-6-4-8-20-14)12-15-7-5-9-21-15/h5,7,9,13-14,17H,3-4,6,8,10-12H2,1-2H3. The summed E-state index contributed by atoms with van der Waals surface area (Å²) in [6, 6.07) is 4.13. The first-order chi connectivity index (χ1) is 10.2. The van der Waals surface area contributed by atoms with Crippen molar-refractivity contribution in [1.82, 2.24) is 10.2 Å². The molecule has 2 unspecified atom stereocenters. The zero-order valence-electron chi connectivity index (χ0n) is 13.0. The van der Waals surface area contributed by atoms with Crippen molar-refractivity contribution in [2.45, 2.75) is 39.3 Å². The van der Waals surface area contributed by atoms with Crippen LogP contribution in [0.4, 0.5) is 0 Å². The number of nitrogens with one attached hydrogen (secondary N) is 1.